The van der Waals surface area contributed by atoms with Crippen molar-refractivity contribution in [3.8, 4) is 11.1 Å². The molecule has 0 aliphatic carbocycles. The number of alkyl halides is 3. The van der Waals surface area contributed by atoms with Gasteiger partial charge < -0.3 is 10.5 Å². The number of benzene rings is 2. The molecule has 9 heteroatoms. The number of aryl methyl sites for hydroxylation is 3. The van der Waals surface area contributed by atoms with Crippen LogP contribution in [-0.4, -0.2) is 12.6 Å². The molecular formula is C21H23ClF5NO2. The molecule has 2 N–H and O–H groups in total. The van der Waals surface area contributed by atoms with Crippen molar-refractivity contribution in [2.45, 2.75) is 46.3 Å². The summed E-state index contributed by atoms with van der Waals surface area (Å²) in [6.07, 6.45) is -5.73. The molecule has 0 amide bonds. The fraction of sp³-hybridized carbons (Fsp3) is 0.381. The van der Waals surface area contributed by atoms with Crippen molar-refractivity contribution in [2.24, 2.45) is 5.73 Å². The number of hydrogen-bond acceptors (Lipinski definition) is 3. The summed E-state index contributed by atoms with van der Waals surface area (Å²) in [5, 5.41) is 0. The van der Waals surface area contributed by atoms with E-state index in [9.17, 15) is 22.4 Å². The van der Waals surface area contributed by atoms with Crippen molar-refractivity contribution < 1.29 is 31.5 Å². The Bertz CT molecular complexity index is 921. The SMILES string of the molecule is CCOC(=O)C[C@H](N)c1c(F)c(-c2c(C)cc(C)cc2C)cc(C(F)(F)F)c1F.Cl. The van der Waals surface area contributed by atoms with Gasteiger partial charge in [-0.1, -0.05) is 17.7 Å². The Balaban J connectivity index is 0.00000450. The van der Waals surface area contributed by atoms with E-state index in [4.69, 9.17) is 10.5 Å². The van der Waals surface area contributed by atoms with Gasteiger partial charge in [-0.15, -0.1) is 12.4 Å². The van der Waals surface area contributed by atoms with E-state index in [0.29, 0.717) is 17.2 Å². The Labute approximate surface area is 177 Å². The van der Waals surface area contributed by atoms with E-state index in [2.05, 4.69) is 0 Å². The Morgan fingerprint density at radius 2 is 1.60 bits per heavy atom. The zero-order chi connectivity index (χ0) is 22.1. The van der Waals surface area contributed by atoms with Crippen LogP contribution < -0.4 is 5.73 Å². The minimum Gasteiger partial charge on any atom is -0.466 e. The minimum atomic E-state index is -5.07. The normalized spacial score (nSPS) is 12.3. The smallest absolute Gasteiger partial charge is 0.419 e. The molecule has 0 spiro atoms. The van der Waals surface area contributed by atoms with Crippen LogP contribution in [0.1, 0.15) is 47.2 Å². The van der Waals surface area contributed by atoms with Crippen molar-refractivity contribution in [2.75, 3.05) is 6.61 Å². The summed E-state index contributed by atoms with van der Waals surface area (Å²) in [6, 6.07) is 2.20. The fourth-order valence-corrected chi connectivity index (χ4v) is 3.48. The van der Waals surface area contributed by atoms with Gasteiger partial charge in [0, 0.05) is 17.2 Å². The van der Waals surface area contributed by atoms with E-state index in [-0.39, 0.29) is 24.6 Å². The first-order valence-electron chi connectivity index (χ1n) is 8.96. The summed E-state index contributed by atoms with van der Waals surface area (Å²) in [5.41, 5.74) is 4.85. The standard InChI is InChI=1S/C21H22F5NO2.ClH/c1-5-29-16(28)9-15(27)18-19(22)13(8-14(20(18)23)21(24,25)26)17-11(3)6-10(2)7-12(17)4;/h6-8,15H,5,9,27H2,1-4H3;1H/t15-;/m0./s1. The molecule has 0 saturated carbocycles. The number of rotatable bonds is 5. The third-order valence-electron chi connectivity index (χ3n) is 4.55. The van der Waals surface area contributed by atoms with Gasteiger partial charge in [0.15, 0.2) is 0 Å². The van der Waals surface area contributed by atoms with Crippen LogP contribution in [-0.2, 0) is 15.7 Å². The Morgan fingerprint density at radius 3 is 2.07 bits per heavy atom. The Hall–Kier alpha value is -2.19. The van der Waals surface area contributed by atoms with Crippen LogP contribution in [0.4, 0.5) is 22.0 Å². The van der Waals surface area contributed by atoms with Gasteiger partial charge in [0.25, 0.3) is 0 Å². The minimum absolute atomic E-state index is 0. The lowest BCUT2D eigenvalue weighted by Gasteiger charge is -2.21. The molecule has 0 saturated heterocycles. The quantitative estimate of drug-likeness (QED) is 0.451. The average Bonchev–Trinajstić information content (AvgIpc) is 2.54. The van der Waals surface area contributed by atoms with Crippen LogP contribution in [0, 0.1) is 32.4 Å². The van der Waals surface area contributed by atoms with Crippen molar-refractivity contribution in [3.05, 3.63) is 57.7 Å². The molecule has 0 aromatic heterocycles. The number of halogens is 6. The van der Waals surface area contributed by atoms with Crippen molar-refractivity contribution in [3.63, 3.8) is 0 Å². The maximum atomic E-state index is 15.3. The first-order chi connectivity index (χ1) is 13.4. The lowest BCUT2D eigenvalue weighted by atomic mass is 9.88. The number of hydrogen-bond donors (Lipinski definition) is 1. The monoisotopic (exact) mass is 451 g/mol. The first-order valence-corrected chi connectivity index (χ1v) is 8.96. The number of carbonyl (C=O) groups is 1. The molecule has 1 atom stereocenters. The van der Waals surface area contributed by atoms with Crippen LogP contribution in [0.3, 0.4) is 0 Å². The molecule has 0 bridgehead atoms. The third kappa shape index (κ3) is 5.29. The second-order valence-electron chi connectivity index (χ2n) is 6.90. The Kier molecular flexibility index (Phi) is 8.40. The molecule has 0 unspecified atom stereocenters. The van der Waals surface area contributed by atoms with Crippen LogP contribution in [0.15, 0.2) is 18.2 Å². The predicted molar refractivity (Wildman–Crippen MR) is 106 cm³/mol. The van der Waals surface area contributed by atoms with E-state index >= 15 is 4.39 Å². The second-order valence-corrected chi connectivity index (χ2v) is 6.90. The number of esters is 1. The highest BCUT2D eigenvalue weighted by Gasteiger charge is 2.39. The van der Waals surface area contributed by atoms with Crippen molar-refractivity contribution in [1.82, 2.24) is 0 Å². The molecular weight excluding hydrogens is 429 g/mol. The van der Waals surface area contributed by atoms with Crippen molar-refractivity contribution in [1.29, 1.82) is 0 Å². The topological polar surface area (TPSA) is 52.3 Å². The van der Waals surface area contributed by atoms with E-state index < -0.39 is 52.9 Å². The third-order valence-corrected chi connectivity index (χ3v) is 4.55. The lowest BCUT2D eigenvalue weighted by Crippen LogP contribution is -2.22. The molecule has 30 heavy (non-hydrogen) atoms. The van der Waals surface area contributed by atoms with Crippen molar-refractivity contribution >= 4 is 18.4 Å². The highest BCUT2D eigenvalue weighted by molar-refractivity contribution is 5.85. The van der Waals surface area contributed by atoms with Gasteiger partial charge in [-0.2, -0.15) is 13.2 Å². The average molecular weight is 452 g/mol. The zero-order valence-electron chi connectivity index (χ0n) is 16.9. The summed E-state index contributed by atoms with van der Waals surface area (Å²) >= 11 is 0. The summed E-state index contributed by atoms with van der Waals surface area (Å²) in [4.78, 5) is 11.7. The molecule has 0 fully saturated rings. The lowest BCUT2D eigenvalue weighted by molar-refractivity contribution is -0.143. The van der Waals surface area contributed by atoms with Crippen LogP contribution >= 0.6 is 12.4 Å². The number of carbonyl (C=O) groups excluding carboxylic acids is 1. The van der Waals surface area contributed by atoms with E-state index in [1.54, 1.807) is 32.9 Å². The molecule has 166 valence electrons. The highest BCUT2D eigenvalue weighted by Crippen LogP contribution is 2.41. The molecule has 2 rings (SSSR count). The van der Waals surface area contributed by atoms with Gasteiger partial charge >= 0.3 is 12.1 Å². The van der Waals surface area contributed by atoms with E-state index in [1.807, 2.05) is 0 Å². The summed E-state index contributed by atoms with van der Waals surface area (Å²) in [6.45, 7) is 6.59. The molecule has 2 aromatic rings. The molecule has 2 aromatic carbocycles. The maximum absolute atomic E-state index is 15.3. The van der Waals surface area contributed by atoms with Gasteiger partial charge in [-0.3, -0.25) is 4.79 Å². The van der Waals surface area contributed by atoms with Crippen LogP contribution in [0.5, 0.6) is 0 Å². The second kappa shape index (κ2) is 9.75. The maximum Gasteiger partial charge on any atom is 0.419 e. The molecule has 0 aliphatic heterocycles. The largest absolute Gasteiger partial charge is 0.466 e. The van der Waals surface area contributed by atoms with E-state index in [0.717, 1.165) is 5.56 Å². The van der Waals surface area contributed by atoms with Crippen LogP contribution in [0.2, 0.25) is 0 Å². The van der Waals surface area contributed by atoms with E-state index in [1.165, 1.54) is 6.92 Å². The molecule has 0 radical (unpaired) electrons. The highest BCUT2D eigenvalue weighted by atomic mass is 35.5. The Morgan fingerprint density at radius 1 is 1.07 bits per heavy atom. The zero-order valence-corrected chi connectivity index (χ0v) is 17.7. The summed E-state index contributed by atoms with van der Waals surface area (Å²) in [7, 11) is 0. The first kappa shape index (κ1) is 25.8. The summed E-state index contributed by atoms with van der Waals surface area (Å²) < 4.78 is 75.1. The van der Waals surface area contributed by atoms with Gasteiger partial charge in [0.2, 0.25) is 0 Å². The van der Waals surface area contributed by atoms with Gasteiger partial charge in [-0.05, 0) is 50.5 Å². The molecule has 3 nitrogen and oxygen atoms in total. The van der Waals surface area contributed by atoms with Gasteiger partial charge in [0.1, 0.15) is 11.6 Å². The number of nitrogens with two attached hydrogens (primary N) is 1. The predicted octanol–water partition coefficient (Wildman–Crippen LogP) is 5.95. The number of ether oxygens (including phenoxy) is 1. The summed E-state index contributed by atoms with van der Waals surface area (Å²) in [5.74, 6) is -3.90. The van der Waals surface area contributed by atoms with Gasteiger partial charge in [-0.25, -0.2) is 8.78 Å². The fourth-order valence-electron chi connectivity index (χ4n) is 3.48. The van der Waals surface area contributed by atoms with Crippen LogP contribution in [0.25, 0.3) is 11.1 Å². The molecule has 0 heterocycles. The molecule has 0 aliphatic rings. The van der Waals surface area contributed by atoms with Gasteiger partial charge in [0.05, 0.1) is 18.6 Å².